The molecule has 5 nitrogen and oxygen atoms in total. The average Bonchev–Trinajstić information content (AvgIpc) is 2.41. The van der Waals surface area contributed by atoms with Crippen LogP contribution in [0.1, 0.15) is 0 Å². The van der Waals surface area contributed by atoms with E-state index in [9.17, 15) is 5.11 Å². The van der Waals surface area contributed by atoms with E-state index in [1.807, 2.05) is 17.0 Å². The Morgan fingerprint density at radius 3 is 3.00 bits per heavy atom. The zero-order chi connectivity index (χ0) is 13.2. The second-order valence-corrected chi connectivity index (χ2v) is 5.27. The maximum Gasteiger partial charge on any atom is 0.155 e. The van der Waals surface area contributed by atoms with Crippen molar-refractivity contribution >= 4 is 32.7 Å². The Kier molecular flexibility index (Phi) is 3.52. The standard InChI is InChI=1S/C13H14BrN3O2/c14-2-4-19-11-5-9-1-3-15-13(12(9)16-6-11)17-7-10(18)8-17/h1,3,5-6,10,18H,2,4,7-8H2. The summed E-state index contributed by atoms with van der Waals surface area (Å²) in [5.74, 6) is 1.59. The molecule has 2 aromatic heterocycles. The second kappa shape index (κ2) is 5.30. The number of aliphatic hydroxyl groups is 1. The number of hydrogen-bond acceptors (Lipinski definition) is 5. The van der Waals surface area contributed by atoms with Crippen LogP contribution in [0.3, 0.4) is 0 Å². The molecule has 100 valence electrons. The Hall–Kier alpha value is -1.40. The molecule has 0 atom stereocenters. The zero-order valence-corrected chi connectivity index (χ0v) is 11.9. The van der Waals surface area contributed by atoms with Crippen LogP contribution in [0.4, 0.5) is 5.82 Å². The predicted octanol–water partition coefficient (Wildman–Crippen LogP) is 1.58. The highest BCUT2D eigenvalue weighted by Crippen LogP contribution is 2.28. The van der Waals surface area contributed by atoms with Crippen molar-refractivity contribution < 1.29 is 9.84 Å². The Labute approximate surface area is 119 Å². The van der Waals surface area contributed by atoms with E-state index in [0.29, 0.717) is 19.7 Å². The van der Waals surface area contributed by atoms with Crippen molar-refractivity contribution in [1.29, 1.82) is 0 Å². The maximum atomic E-state index is 9.38. The minimum Gasteiger partial charge on any atom is -0.491 e. The van der Waals surface area contributed by atoms with Gasteiger partial charge < -0.3 is 14.7 Å². The largest absolute Gasteiger partial charge is 0.491 e. The fourth-order valence-electron chi connectivity index (χ4n) is 2.12. The van der Waals surface area contributed by atoms with Gasteiger partial charge in [-0.1, -0.05) is 15.9 Å². The monoisotopic (exact) mass is 323 g/mol. The zero-order valence-electron chi connectivity index (χ0n) is 10.3. The van der Waals surface area contributed by atoms with Gasteiger partial charge in [0.2, 0.25) is 0 Å². The van der Waals surface area contributed by atoms with Crippen molar-refractivity contribution in [2.75, 3.05) is 29.9 Å². The second-order valence-electron chi connectivity index (χ2n) is 4.47. The quantitative estimate of drug-likeness (QED) is 0.866. The molecule has 0 aliphatic carbocycles. The van der Waals surface area contributed by atoms with E-state index in [1.165, 1.54) is 0 Å². The van der Waals surface area contributed by atoms with E-state index in [2.05, 4.69) is 25.9 Å². The summed E-state index contributed by atoms with van der Waals surface area (Å²) in [6, 6.07) is 3.88. The molecular weight excluding hydrogens is 310 g/mol. The average molecular weight is 324 g/mol. The minimum atomic E-state index is -0.251. The Morgan fingerprint density at radius 2 is 2.26 bits per heavy atom. The summed E-state index contributed by atoms with van der Waals surface area (Å²) in [7, 11) is 0. The first-order chi connectivity index (χ1) is 9.28. The highest BCUT2D eigenvalue weighted by Gasteiger charge is 2.27. The highest BCUT2D eigenvalue weighted by molar-refractivity contribution is 9.09. The van der Waals surface area contributed by atoms with Crippen molar-refractivity contribution in [2.45, 2.75) is 6.10 Å². The molecule has 1 fully saturated rings. The molecular formula is C13H14BrN3O2. The van der Waals surface area contributed by atoms with Crippen LogP contribution >= 0.6 is 15.9 Å². The van der Waals surface area contributed by atoms with Gasteiger partial charge in [-0.3, -0.25) is 0 Å². The number of nitrogens with zero attached hydrogens (tertiary/aromatic N) is 3. The molecule has 6 heteroatoms. The van der Waals surface area contributed by atoms with Gasteiger partial charge in [-0.2, -0.15) is 0 Å². The van der Waals surface area contributed by atoms with Gasteiger partial charge in [0.15, 0.2) is 5.82 Å². The van der Waals surface area contributed by atoms with Crippen LogP contribution < -0.4 is 9.64 Å². The van der Waals surface area contributed by atoms with Crippen molar-refractivity contribution in [3.63, 3.8) is 0 Å². The summed E-state index contributed by atoms with van der Waals surface area (Å²) in [6.07, 6.45) is 3.23. The summed E-state index contributed by atoms with van der Waals surface area (Å²) >= 11 is 3.32. The van der Waals surface area contributed by atoms with Crippen LogP contribution in [0, 0.1) is 0 Å². The molecule has 3 rings (SSSR count). The molecule has 0 amide bonds. The number of pyridine rings is 2. The van der Waals surface area contributed by atoms with Crippen molar-refractivity contribution in [3.05, 3.63) is 24.5 Å². The lowest BCUT2D eigenvalue weighted by molar-refractivity contribution is 0.141. The molecule has 1 N–H and O–H groups in total. The third kappa shape index (κ3) is 2.50. The van der Waals surface area contributed by atoms with E-state index in [-0.39, 0.29) is 6.10 Å². The fraction of sp³-hybridized carbons (Fsp3) is 0.385. The molecule has 0 bridgehead atoms. The highest BCUT2D eigenvalue weighted by atomic mass is 79.9. The molecule has 1 aliphatic heterocycles. The lowest BCUT2D eigenvalue weighted by atomic mass is 10.1. The third-order valence-electron chi connectivity index (χ3n) is 3.06. The van der Waals surface area contributed by atoms with E-state index < -0.39 is 0 Å². The van der Waals surface area contributed by atoms with Crippen molar-refractivity contribution in [2.24, 2.45) is 0 Å². The third-order valence-corrected chi connectivity index (χ3v) is 3.39. The van der Waals surface area contributed by atoms with Crippen LogP contribution in [0.5, 0.6) is 5.75 Å². The van der Waals surface area contributed by atoms with Gasteiger partial charge in [0, 0.05) is 30.0 Å². The van der Waals surface area contributed by atoms with Gasteiger partial charge in [0.25, 0.3) is 0 Å². The molecule has 2 aromatic rings. The topological polar surface area (TPSA) is 58.5 Å². The number of hydrogen-bond donors (Lipinski definition) is 1. The van der Waals surface area contributed by atoms with Crippen LogP contribution in [-0.4, -0.2) is 46.2 Å². The van der Waals surface area contributed by atoms with E-state index in [4.69, 9.17) is 4.74 Å². The summed E-state index contributed by atoms with van der Waals surface area (Å²) in [5.41, 5.74) is 0.848. The van der Waals surface area contributed by atoms with E-state index in [0.717, 1.165) is 27.8 Å². The smallest absolute Gasteiger partial charge is 0.155 e. The molecule has 19 heavy (non-hydrogen) atoms. The molecule has 3 heterocycles. The Morgan fingerprint density at radius 1 is 1.42 bits per heavy atom. The number of anilines is 1. The van der Waals surface area contributed by atoms with Crippen LogP contribution in [-0.2, 0) is 0 Å². The first-order valence-electron chi connectivity index (χ1n) is 6.14. The van der Waals surface area contributed by atoms with Gasteiger partial charge >= 0.3 is 0 Å². The van der Waals surface area contributed by atoms with Gasteiger partial charge in [-0.15, -0.1) is 0 Å². The lowest BCUT2D eigenvalue weighted by Crippen LogP contribution is -2.51. The van der Waals surface area contributed by atoms with Crippen LogP contribution in [0.2, 0.25) is 0 Å². The van der Waals surface area contributed by atoms with Crippen LogP contribution in [0.15, 0.2) is 24.5 Å². The number of rotatable bonds is 4. The number of ether oxygens (including phenoxy) is 1. The van der Waals surface area contributed by atoms with E-state index >= 15 is 0 Å². The van der Waals surface area contributed by atoms with Gasteiger partial charge in [-0.05, 0) is 12.1 Å². The molecule has 0 unspecified atom stereocenters. The molecule has 0 aromatic carbocycles. The first kappa shape index (κ1) is 12.6. The molecule has 0 radical (unpaired) electrons. The molecule has 0 spiro atoms. The van der Waals surface area contributed by atoms with E-state index in [1.54, 1.807) is 12.4 Å². The number of aromatic nitrogens is 2. The Bertz CT molecular complexity index is 587. The first-order valence-corrected chi connectivity index (χ1v) is 7.26. The summed E-state index contributed by atoms with van der Waals surface area (Å²) in [5, 5.41) is 11.2. The summed E-state index contributed by atoms with van der Waals surface area (Å²) in [6.45, 7) is 1.86. The predicted molar refractivity (Wildman–Crippen MR) is 77.0 cm³/mol. The lowest BCUT2D eigenvalue weighted by Gasteiger charge is -2.37. The van der Waals surface area contributed by atoms with Gasteiger partial charge in [-0.25, -0.2) is 9.97 Å². The number of alkyl halides is 1. The van der Waals surface area contributed by atoms with Crippen LogP contribution in [0.25, 0.3) is 10.9 Å². The summed E-state index contributed by atoms with van der Waals surface area (Å²) in [4.78, 5) is 10.8. The number of β-amino-alcohol motifs (C(OH)–C–C–N with tert-alkyl or cyclic N) is 1. The Balaban J connectivity index is 1.92. The SMILES string of the molecule is OC1CN(c2nccc3cc(OCCBr)cnc23)C1. The summed E-state index contributed by atoms with van der Waals surface area (Å²) < 4.78 is 5.54. The molecule has 1 aliphatic rings. The number of aliphatic hydroxyl groups excluding tert-OH is 1. The fourth-order valence-corrected chi connectivity index (χ4v) is 2.28. The normalized spacial score (nSPS) is 15.6. The minimum absolute atomic E-state index is 0.251. The van der Waals surface area contributed by atoms with Gasteiger partial charge in [0.05, 0.1) is 18.9 Å². The molecule has 0 saturated carbocycles. The molecule has 1 saturated heterocycles. The van der Waals surface area contributed by atoms with Crippen molar-refractivity contribution in [1.82, 2.24) is 9.97 Å². The maximum absolute atomic E-state index is 9.38. The number of fused-ring (bicyclic) bond motifs is 1. The van der Waals surface area contributed by atoms with Crippen molar-refractivity contribution in [3.8, 4) is 5.75 Å². The van der Waals surface area contributed by atoms with Gasteiger partial charge in [0.1, 0.15) is 11.3 Å². The number of halogens is 1.